The highest BCUT2D eigenvalue weighted by atomic mass is 16.5. The lowest BCUT2D eigenvalue weighted by Crippen LogP contribution is -2.38. The third-order valence-electron chi connectivity index (χ3n) is 5.57. The van der Waals surface area contributed by atoms with Crippen LogP contribution in [0.4, 0.5) is 5.82 Å². The first-order valence-electron chi connectivity index (χ1n) is 11.3. The number of carbonyl (C=O) groups is 1. The molecule has 1 fully saturated rings. The molecule has 1 atom stereocenters. The Morgan fingerprint density at radius 2 is 1.91 bits per heavy atom. The van der Waals surface area contributed by atoms with E-state index in [1.165, 1.54) is 17.1 Å². The van der Waals surface area contributed by atoms with Crippen LogP contribution in [-0.4, -0.2) is 72.2 Å². The largest absolute Gasteiger partial charge is 0.497 e. The molecule has 2 aromatic heterocycles. The van der Waals surface area contributed by atoms with Crippen LogP contribution in [0, 0.1) is 0 Å². The van der Waals surface area contributed by atoms with Gasteiger partial charge >= 0.3 is 0 Å². The summed E-state index contributed by atoms with van der Waals surface area (Å²) >= 11 is 0. The van der Waals surface area contributed by atoms with Crippen LogP contribution in [0.1, 0.15) is 13.0 Å². The van der Waals surface area contributed by atoms with Crippen LogP contribution in [0.25, 0.3) is 11.3 Å². The number of methoxy groups -OCH3 is 1. The number of hydrogen-bond donors (Lipinski definition) is 1. The second kappa shape index (κ2) is 11.4. The summed E-state index contributed by atoms with van der Waals surface area (Å²) in [6.07, 6.45) is 1.45. The zero-order chi connectivity index (χ0) is 24.6. The molecule has 1 aliphatic rings. The van der Waals surface area contributed by atoms with Crippen molar-refractivity contribution < 1.29 is 19.0 Å². The lowest BCUT2D eigenvalue weighted by molar-refractivity contribution is -0.124. The van der Waals surface area contributed by atoms with Crippen LogP contribution < -0.4 is 25.2 Å². The van der Waals surface area contributed by atoms with Gasteiger partial charge in [-0.1, -0.05) is 0 Å². The number of morpholine rings is 1. The SMILES string of the molecule is COc1ccc(-c2ccc(=O)n(C(C)C(=O)NCCOc3cc(N4CCOCC4)ncn3)n2)cc1. The van der Waals surface area contributed by atoms with Gasteiger partial charge in [0.2, 0.25) is 11.8 Å². The zero-order valence-electron chi connectivity index (χ0n) is 19.7. The molecular formula is C24H28N6O5. The van der Waals surface area contributed by atoms with E-state index in [1.54, 1.807) is 26.2 Å². The van der Waals surface area contributed by atoms with Gasteiger partial charge < -0.3 is 24.4 Å². The standard InChI is InChI=1S/C24H28N6O5/c1-17(30-23(31)8-7-20(28-30)18-3-5-19(33-2)6-4-18)24(32)25-9-12-35-22-15-21(26-16-27-22)29-10-13-34-14-11-29/h3-8,15-17H,9-14H2,1-2H3,(H,25,32). The van der Waals surface area contributed by atoms with Crippen molar-refractivity contribution in [3.8, 4) is 22.9 Å². The molecule has 0 bridgehead atoms. The fraction of sp³-hybridized carbons (Fsp3) is 0.375. The highest BCUT2D eigenvalue weighted by Crippen LogP contribution is 2.20. The van der Waals surface area contributed by atoms with Gasteiger partial charge in [-0.2, -0.15) is 5.10 Å². The number of nitrogens with zero attached hydrogens (tertiary/aromatic N) is 5. The molecule has 3 heterocycles. The summed E-state index contributed by atoms with van der Waals surface area (Å²) in [5.41, 5.74) is 1.02. The maximum Gasteiger partial charge on any atom is 0.267 e. The van der Waals surface area contributed by atoms with Crippen LogP contribution in [0.5, 0.6) is 11.6 Å². The van der Waals surface area contributed by atoms with Gasteiger partial charge in [-0.05, 0) is 37.3 Å². The Morgan fingerprint density at radius 1 is 1.14 bits per heavy atom. The van der Waals surface area contributed by atoms with Crippen LogP contribution in [0.2, 0.25) is 0 Å². The molecule has 1 aromatic carbocycles. The third kappa shape index (κ3) is 6.12. The number of aromatic nitrogens is 4. The van der Waals surface area contributed by atoms with Crippen LogP contribution >= 0.6 is 0 Å². The molecule has 3 aromatic rings. The summed E-state index contributed by atoms with van der Waals surface area (Å²) in [6.45, 7) is 4.92. The van der Waals surface area contributed by atoms with Gasteiger partial charge in [0.1, 0.15) is 30.5 Å². The van der Waals surface area contributed by atoms with Crippen LogP contribution in [0.3, 0.4) is 0 Å². The summed E-state index contributed by atoms with van der Waals surface area (Å²) in [7, 11) is 1.59. The maximum atomic E-state index is 12.7. The predicted octanol–water partition coefficient (Wildman–Crippen LogP) is 1.30. The molecule has 0 spiro atoms. The Morgan fingerprint density at radius 3 is 2.66 bits per heavy atom. The quantitative estimate of drug-likeness (QED) is 0.452. The van der Waals surface area contributed by atoms with E-state index in [9.17, 15) is 9.59 Å². The van der Waals surface area contributed by atoms with Gasteiger partial charge in [-0.15, -0.1) is 0 Å². The molecule has 184 valence electrons. The minimum absolute atomic E-state index is 0.215. The smallest absolute Gasteiger partial charge is 0.267 e. The van der Waals surface area contributed by atoms with E-state index >= 15 is 0 Å². The van der Waals surface area contributed by atoms with E-state index in [0.717, 1.165) is 30.2 Å². The molecule has 11 heteroatoms. The molecule has 0 saturated carbocycles. The van der Waals surface area contributed by atoms with Crippen molar-refractivity contribution in [3.63, 3.8) is 0 Å². The Labute approximate surface area is 202 Å². The van der Waals surface area contributed by atoms with Crippen molar-refractivity contribution in [2.24, 2.45) is 0 Å². The van der Waals surface area contributed by atoms with Crippen molar-refractivity contribution in [1.82, 2.24) is 25.1 Å². The molecule has 0 radical (unpaired) electrons. The normalized spacial score (nSPS) is 14.3. The summed E-state index contributed by atoms with van der Waals surface area (Å²) in [6, 6.07) is 11.3. The topological polar surface area (TPSA) is 121 Å². The van der Waals surface area contributed by atoms with E-state index in [1.807, 2.05) is 24.3 Å². The Bertz CT molecular complexity index is 1190. The third-order valence-corrected chi connectivity index (χ3v) is 5.57. The maximum absolute atomic E-state index is 12.7. The van der Waals surface area contributed by atoms with Crippen LogP contribution in [-0.2, 0) is 9.53 Å². The number of benzene rings is 1. The van der Waals surface area contributed by atoms with Crippen molar-refractivity contribution in [3.05, 3.63) is 59.1 Å². The fourth-order valence-electron chi connectivity index (χ4n) is 3.58. The molecular weight excluding hydrogens is 452 g/mol. The second-order valence-electron chi connectivity index (χ2n) is 7.86. The van der Waals surface area contributed by atoms with E-state index in [-0.39, 0.29) is 24.6 Å². The van der Waals surface area contributed by atoms with E-state index in [2.05, 4.69) is 25.3 Å². The Balaban J connectivity index is 1.32. The first-order chi connectivity index (χ1) is 17.0. The van der Waals surface area contributed by atoms with Crippen LogP contribution in [0.15, 0.2) is 53.6 Å². The van der Waals surface area contributed by atoms with Crippen molar-refractivity contribution >= 4 is 11.7 Å². The summed E-state index contributed by atoms with van der Waals surface area (Å²) < 4.78 is 17.4. The lowest BCUT2D eigenvalue weighted by Gasteiger charge is -2.27. The number of hydrogen-bond acceptors (Lipinski definition) is 9. The second-order valence-corrected chi connectivity index (χ2v) is 7.86. The molecule has 11 nitrogen and oxygen atoms in total. The molecule has 1 saturated heterocycles. The highest BCUT2D eigenvalue weighted by Gasteiger charge is 2.18. The molecule has 1 amide bonds. The number of ether oxygens (including phenoxy) is 3. The van der Waals surface area contributed by atoms with E-state index in [0.29, 0.717) is 24.8 Å². The van der Waals surface area contributed by atoms with E-state index in [4.69, 9.17) is 14.2 Å². The zero-order valence-corrected chi connectivity index (χ0v) is 19.7. The van der Waals surface area contributed by atoms with Gasteiger partial charge in [0.05, 0.1) is 32.6 Å². The number of nitrogens with one attached hydrogen (secondary N) is 1. The molecule has 4 rings (SSSR count). The number of rotatable bonds is 9. The van der Waals surface area contributed by atoms with Gasteiger partial charge in [-0.25, -0.2) is 14.6 Å². The fourth-order valence-corrected chi connectivity index (χ4v) is 3.58. The van der Waals surface area contributed by atoms with E-state index < -0.39 is 6.04 Å². The molecule has 1 N–H and O–H groups in total. The first kappa shape index (κ1) is 24.1. The minimum Gasteiger partial charge on any atom is -0.497 e. The predicted molar refractivity (Wildman–Crippen MR) is 129 cm³/mol. The van der Waals surface area contributed by atoms with Gasteiger partial charge in [0, 0.05) is 30.8 Å². The Hall–Kier alpha value is -3.99. The molecule has 1 unspecified atom stereocenters. The monoisotopic (exact) mass is 480 g/mol. The number of carbonyl (C=O) groups excluding carboxylic acids is 1. The van der Waals surface area contributed by atoms with Gasteiger partial charge in [0.15, 0.2) is 0 Å². The van der Waals surface area contributed by atoms with Crippen molar-refractivity contribution in [2.75, 3.05) is 51.5 Å². The summed E-state index contributed by atoms with van der Waals surface area (Å²) in [5.74, 6) is 1.58. The molecule has 1 aliphatic heterocycles. The summed E-state index contributed by atoms with van der Waals surface area (Å²) in [5, 5.41) is 7.17. The number of anilines is 1. The minimum atomic E-state index is -0.798. The highest BCUT2D eigenvalue weighted by molar-refractivity contribution is 5.79. The average Bonchev–Trinajstić information content (AvgIpc) is 2.91. The average molecular weight is 481 g/mol. The molecule has 0 aliphatic carbocycles. The lowest BCUT2D eigenvalue weighted by atomic mass is 10.1. The van der Waals surface area contributed by atoms with Gasteiger partial charge in [0.25, 0.3) is 5.56 Å². The first-order valence-corrected chi connectivity index (χ1v) is 11.3. The number of amides is 1. The molecule has 35 heavy (non-hydrogen) atoms. The Kier molecular flexibility index (Phi) is 7.88. The van der Waals surface area contributed by atoms with Crippen molar-refractivity contribution in [2.45, 2.75) is 13.0 Å². The van der Waals surface area contributed by atoms with Gasteiger partial charge in [-0.3, -0.25) is 9.59 Å². The van der Waals surface area contributed by atoms with Crippen molar-refractivity contribution in [1.29, 1.82) is 0 Å². The summed E-state index contributed by atoms with van der Waals surface area (Å²) in [4.78, 5) is 35.6.